The van der Waals surface area contributed by atoms with Crippen LogP contribution < -0.4 is 5.32 Å². The van der Waals surface area contributed by atoms with Crippen molar-refractivity contribution in [2.75, 3.05) is 11.9 Å². The lowest BCUT2D eigenvalue weighted by atomic mass is 10.1. The second-order valence-electron chi connectivity index (χ2n) is 4.20. The Labute approximate surface area is 104 Å². The first-order valence-corrected chi connectivity index (χ1v) is 5.47. The fourth-order valence-corrected chi connectivity index (χ4v) is 1.46. The van der Waals surface area contributed by atoms with Gasteiger partial charge in [-0.15, -0.1) is 0 Å². The molecular formula is C11H15N3O4. The lowest BCUT2D eigenvalue weighted by Crippen LogP contribution is -2.15. The predicted molar refractivity (Wildman–Crippen MR) is 65.5 cm³/mol. The lowest BCUT2D eigenvalue weighted by molar-refractivity contribution is -0.385. The van der Waals surface area contributed by atoms with Crippen molar-refractivity contribution in [2.24, 2.45) is 5.92 Å². The largest absolute Gasteiger partial charge is 0.481 e. The molecule has 1 rings (SSSR count). The molecule has 0 saturated heterocycles. The van der Waals surface area contributed by atoms with Gasteiger partial charge in [0.2, 0.25) is 0 Å². The Kier molecular flexibility index (Phi) is 4.59. The summed E-state index contributed by atoms with van der Waals surface area (Å²) in [6.45, 7) is 3.80. The summed E-state index contributed by atoms with van der Waals surface area (Å²) in [6, 6.07) is 1.35. The van der Waals surface area contributed by atoms with Crippen molar-refractivity contribution in [3.8, 4) is 0 Å². The van der Waals surface area contributed by atoms with Crippen molar-refractivity contribution in [2.45, 2.75) is 20.3 Å². The minimum atomic E-state index is -0.868. The highest BCUT2D eigenvalue weighted by molar-refractivity contribution is 5.67. The number of carbonyl (C=O) groups is 1. The fourth-order valence-electron chi connectivity index (χ4n) is 1.46. The summed E-state index contributed by atoms with van der Waals surface area (Å²) in [5.41, 5.74) is 0.488. The van der Waals surface area contributed by atoms with E-state index in [9.17, 15) is 14.9 Å². The number of hydrogen-bond donors (Lipinski definition) is 2. The Hall–Kier alpha value is -2.18. The number of nitrogens with zero attached hydrogens (tertiary/aromatic N) is 2. The quantitative estimate of drug-likeness (QED) is 0.591. The van der Waals surface area contributed by atoms with E-state index in [-0.39, 0.29) is 18.0 Å². The van der Waals surface area contributed by atoms with E-state index in [0.29, 0.717) is 17.9 Å². The molecule has 0 aliphatic heterocycles. The molecule has 1 aromatic heterocycles. The molecule has 18 heavy (non-hydrogen) atoms. The number of carboxylic acids is 1. The van der Waals surface area contributed by atoms with Gasteiger partial charge in [-0.3, -0.25) is 14.9 Å². The Bertz CT molecular complexity index is 462. The summed E-state index contributed by atoms with van der Waals surface area (Å²) >= 11 is 0. The van der Waals surface area contributed by atoms with Gasteiger partial charge in [0.25, 0.3) is 5.69 Å². The molecule has 0 aromatic carbocycles. The third-order valence-corrected chi connectivity index (χ3v) is 2.43. The van der Waals surface area contributed by atoms with Crippen molar-refractivity contribution in [1.82, 2.24) is 4.98 Å². The number of anilines is 1. The molecule has 1 aromatic rings. The number of nitrogens with one attached hydrogen (secondary N) is 1. The normalized spacial score (nSPS) is 11.9. The van der Waals surface area contributed by atoms with Gasteiger partial charge in [0.05, 0.1) is 11.0 Å². The minimum Gasteiger partial charge on any atom is -0.481 e. The Morgan fingerprint density at radius 1 is 1.67 bits per heavy atom. The molecule has 2 N–H and O–H groups in total. The van der Waals surface area contributed by atoms with E-state index in [1.54, 1.807) is 13.8 Å². The van der Waals surface area contributed by atoms with Crippen molar-refractivity contribution in [3.63, 3.8) is 0 Å². The molecule has 0 bridgehead atoms. The molecule has 0 aliphatic carbocycles. The van der Waals surface area contributed by atoms with Crippen LogP contribution in [0.4, 0.5) is 11.5 Å². The molecule has 0 spiro atoms. The van der Waals surface area contributed by atoms with Gasteiger partial charge >= 0.3 is 5.97 Å². The third-order valence-electron chi connectivity index (χ3n) is 2.43. The maximum Gasteiger partial charge on any atom is 0.303 e. The van der Waals surface area contributed by atoms with Gasteiger partial charge in [0.1, 0.15) is 5.82 Å². The number of hydrogen-bond acceptors (Lipinski definition) is 5. The third kappa shape index (κ3) is 4.00. The molecule has 7 heteroatoms. The molecule has 7 nitrogen and oxygen atoms in total. The van der Waals surface area contributed by atoms with Crippen LogP contribution in [0.5, 0.6) is 0 Å². The maximum atomic E-state index is 10.7. The summed E-state index contributed by atoms with van der Waals surface area (Å²) in [4.78, 5) is 24.7. The van der Waals surface area contributed by atoms with Crippen LogP contribution in [0.15, 0.2) is 12.3 Å². The molecule has 0 fully saturated rings. The van der Waals surface area contributed by atoms with E-state index in [4.69, 9.17) is 5.11 Å². The Morgan fingerprint density at radius 2 is 2.33 bits per heavy atom. The molecule has 0 saturated carbocycles. The van der Waals surface area contributed by atoms with E-state index in [2.05, 4.69) is 10.3 Å². The van der Waals surface area contributed by atoms with Crippen LogP contribution >= 0.6 is 0 Å². The van der Waals surface area contributed by atoms with Gasteiger partial charge in [0, 0.05) is 24.7 Å². The zero-order valence-corrected chi connectivity index (χ0v) is 10.2. The van der Waals surface area contributed by atoms with Gasteiger partial charge in [0.15, 0.2) is 0 Å². The number of aryl methyl sites for hydroxylation is 1. The Balaban J connectivity index is 2.66. The smallest absolute Gasteiger partial charge is 0.303 e. The Morgan fingerprint density at radius 3 is 2.89 bits per heavy atom. The number of nitro groups is 1. The summed E-state index contributed by atoms with van der Waals surface area (Å²) in [5, 5.41) is 22.2. The predicted octanol–water partition coefficient (Wildman–Crippen LogP) is 1.82. The van der Waals surface area contributed by atoms with Crippen molar-refractivity contribution in [3.05, 3.63) is 27.9 Å². The van der Waals surface area contributed by atoms with Gasteiger partial charge in [-0.05, 0) is 12.8 Å². The monoisotopic (exact) mass is 253 g/mol. The van der Waals surface area contributed by atoms with E-state index in [1.807, 2.05) is 0 Å². The SMILES string of the molecule is Cc1cnc(NCC(C)CC(=O)O)cc1[N+](=O)[O-]. The molecule has 1 heterocycles. The molecule has 1 unspecified atom stereocenters. The fraction of sp³-hybridized carbons (Fsp3) is 0.455. The minimum absolute atomic E-state index is 0.00149. The average molecular weight is 253 g/mol. The lowest BCUT2D eigenvalue weighted by Gasteiger charge is -2.10. The maximum absolute atomic E-state index is 10.7. The average Bonchev–Trinajstić information content (AvgIpc) is 2.26. The zero-order chi connectivity index (χ0) is 13.7. The van der Waals surface area contributed by atoms with E-state index in [0.717, 1.165) is 0 Å². The molecule has 0 aliphatic rings. The van der Waals surface area contributed by atoms with Crippen LogP contribution in [0.25, 0.3) is 0 Å². The summed E-state index contributed by atoms with van der Waals surface area (Å²) in [6.07, 6.45) is 1.46. The topological polar surface area (TPSA) is 105 Å². The van der Waals surface area contributed by atoms with Gasteiger partial charge in [-0.1, -0.05) is 6.92 Å². The molecular weight excluding hydrogens is 238 g/mol. The molecule has 98 valence electrons. The van der Waals surface area contributed by atoms with Crippen molar-refractivity contribution >= 4 is 17.5 Å². The number of rotatable bonds is 6. The second-order valence-corrected chi connectivity index (χ2v) is 4.20. The zero-order valence-electron chi connectivity index (χ0n) is 10.2. The number of carboxylic acid groups (broad SMARTS) is 1. The number of aromatic nitrogens is 1. The molecule has 0 amide bonds. The van der Waals surface area contributed by atoms with Crippen LogP contribution in [-0.2, 0) is 4.79 Å². The number of aliphatic carboxylic acids is 1. The van der Waals surface area contributed by atoms with E-state index < -0.39 is 10.9 Å². The first-order chi connectivity index (χ1) is 8.40. The van der Waals surface area contributed by atoms with Gasteiger partial charge in [-0.2, -0.15) is 0 Å². The van der Waals surface area contributed by atoms with Crippen LogP contribution in [0.2, 0.25) is 0 Å². The highest BCUT2D eigenvalue weighted by Gasteiger charge is 2.13. The summed E-state index contributed by atoms with van der Waals surface area (Å²) < 4.78 is 0. The second kappa shape index (κ2) is 5.95. The molecule has 1 atom stereocenters. The van der Waals surface area contributed by atoms with Crippen LogP contribution in [0, 0.1) is 23.0 Å². The van der Waals surface area contributed by atoms with E-state index >= 15 is 0 Å². The van der Waals surface area contributed by atoms with Crippen LogP contribution in [-0.4, -0.2) is 27.5 Å². The highest BCUT2D eigenvalue weighted by atomic mass is 16.6. The van der Waals surface area contributed by atoms with Crippen molar-refractivity contribution < 1.29 is 14.8 Å². The van der Waals surface area contributed by atoms with Gasteiger partial charge < -0.3 is 10.4 Å². The van der Waals surface area contributed by atoms with Crippen molar-refractivity contribution in [1.29, 1.82) is 0 Å². The summed E-state index contributed by atoms with van der Waals surface area (Å²) in [5.74, 6) is -0.568. The van der Waals surface area contributed by atoms with E-state index in [1.165, 1.54) is 12.3 Å². The molecule has 0 radical (unpaired) electrons. The first kappa shape index (κ1) is 13.9. The summed E-state index contributed by atoms with van der Waals surface area (Å²) in [7, 11) is 0. The standard InChI is InChI=1S/C11H15N3O4/c1-7(3-11(15)16)5-12-10-4-9(14(17)18)8(2)6-13-10/h4,6-7H,3,5H2,1-2H3,(H,12,13)(H,15,16). The first-order valence-electron chi connectivity index (χ1n) is 5.47. The van der Waals surface area contributed by atoms with Gasteiger partial charge in [-0.25, -0.2) is 4.98 Å². The van der Waals surface area contributed by atoms with Crippen LogP contribution in [0.3, 0.4) is 0 Å². The van der Waals surface area contributed by atoms with Crippen LogP contribution in [0.1, 0.15) is 18.9 Å². The highest BCUT2D eigenvalue weighted by Crippen LogP contribution is 2.20. The number of pyridine rings is 1.